The molecule has 0 radical (unpaired) electrons. The summed E-state index contributed by atoms with van der Waals surface area (Å²) < 4.78 is 64.5. The average molecular weight is 313 g/mol. The highest BCUT2D eigenvalue weighted by molar-refractivity contribution is 7.86. The molecule has 1 aliphatic rings. The molecule has 0 amide bonds. The van der Waals surface area contributed by atoms with Crippen LogP contribution in [0.3, 0.4) is 0 Å². The molecule has 3 N–H and O–H groups in total. The topological polar surface area (TPSA) is 94.1 Å². The van der Waals surface area contributed by atoms with Crippen LogP contribution in [0.5, 0.6) is 0 Å². The van der Waals surface area contributed by atoms with Gasteiger partial charge in [-0.25, -0.2) is 8.42 Å². The third kappa shape index (κ3) is 4.75. The van der Waals surface area contributed by atoms with Crippen LogP contribution in [0.25, 0.3) is 0 Å². The summed E-state index contributed by atoms with van der Waals surface area (Å²) in [6, 6.07) is 10.7. The Labute approximate surface area is 114 Å². The van der Waals surface area contributed by atoms with E-state index in [1.807, 2.05) is 18.2 Å². The van der Waals surface area contributed by atoms with Gasteiger partial charge in [-0.15, -0.1) is 0 Å². The van der Waals surface area contributed by atoms with E-state index >= 15 is 0 Å². The van der Waals surface area contributed by atoms with E-state index in [2.05, 4.69) is 17.9 Å². The van der Waals surface area contributed by atoms with Crippen LogP contribution in [0.1, 0.15) is 18.1 Å². The molecular formula is C11H14F3NO4S. The molecule has 9 heteroatoms. The van der Waals surface area contributed by atoms with Crippen molar-refractivity contribution in [1.29, 1.82) is 0 Å². The maximum Gasteiger partial charge on any atom is 0.485 e. The van der Waals surface area contributed by atoms with Crippen LogP contribution in [0.2, 0.25) is 0 Å². The van der Waals surface area contributed by atoms with Gasteiger partial charge in [0, 0.05) is 6.42 Å². The lowest BCUT2D eigenvalue weighted by molar-refractivity contribution is -0.428. The highest BCUT2D eigenvalue weighted by Gasteiger charge is 2.36. The monoisotopic (exact) mass is 313 g/mol. The van der Waals surface area contributed by atoms with E-state index in [4.69, 9.17) is 17.7 Å². The van der Waals surface area contributed by atoms with Gasteiger partial charge in [-0.1, -0.05) is 30.3 Å². The molecule has 0 bridgehead atoms. The van der Waals surface area contributed by atoms with Gasteiger partial charge in [-0.3, -0.25) is 0 Å². The van der Waals surface area contributed by atoms with Crippen LogP contribution >= 0.6 is 0 Å². The van der Waals surface area contributed by atoms with Crippen molar-refractivity contribution in [3.63, 3.8) is 0 Å². The fourth-order valence-corrected chi connectivity index (χ4v) is 1.64. The second-order valence-corrected chi connectivity index (χ2v) is 5.52. The number of benzene rings is 1. The van der Waals surface area contributed by atoms with E-state index < -0.39 is 15.6 Å². The Bertz CT molecular complexity index is 518. The first-order valence-electron chi connectivity index (χ1n) is 5.64. The summed E-state index contributed by atoms with van der Waals surface area (Å²) in [7, 11) is -6.09. The Morgan fingerprint density at radius 2 is 1.75 bits per heavy atom. The van der Waals surface area contributed by atoms with Gasteiger partial charge in [0.15, 0.2) is 10.1 Å². The molecule has 0 aliphatic carbocycles. The minimum Gasteiger partial charge on any atom is -0.741 e. The first-order valence-corrected chi connectivity index (χ1v) is 7.05. The molecule has 1 aromatic carbocycles. The Balaban J connectivity index is 0.000000221. The van der Waals surface area contributed by atoms with E-state index in [1.54, 1.807) is 0 Å². The fourth-order valence-electron chi connectivity index (χ4n) is 1.64. The maximum absolute atomic E-state index is 10.7. The average Bonchev–Trinajstić information content (AvgIpc) is 2.75. The van der Waals surface area contributed by atoms with E-state index in [9.17, 15) is 13.2 Å². The highest BCUT2D eigenvalue weighted by Crippen LogP contribution is 2.26. The number of alkyl halides is 3. The van der Waals surface area contributed by atoms with Crippen molar-refractivity contribution >= 4 is 10.1 Å². The van der Waals surface area contributed by atoms with Crippen LogP contribution in [0.15, 0.2) is 30.3 Å². The third-order valence-electron chi connectivity index (χ3n) is 2.63. The van der Waals surface area contributed by atoms with Crippen molar-refractivity contribution in [3.8, 4) is 0 Å². The fraction of sp³-hybridized carbons (Fsp3) is 0.455. The quantitative estimate of drug-likeness (QED) is 0.613. The predicted molar refractivity (Wildman–Crippen MR) is 62.2 cm³/mol. The summed E-state index contributed by atoms with van der Waals surface area (Å²) in [5.41, 5.74) is -0.316. The number of hydrogen-bond donors (Lipinski definition) is 1. The molecule has 1 heterocycles. The molecule has 5 nitrogen and oxygen atoms in total. The van der Waals surface area contributed by atoms with Gasteiger partial charge < -0.3 is 15.0 Å². The van der Waals surface area contributed by atoms with Crippen LogP contribution in [0, 0.1) is 0 Å². The minimum atomic E-state index is -6.09. The van der Waals surface area contributed by atoms with Gasteiger partial charge in [0.05, 0.1) is 6.61 Å². The van der Waals surface area contributed by atoms with Gasteiger partial charge in [0.1, 0.15) is 12.1 Å². The number of ether oxygens (including phenoxy) is 1. The number of quaternary nitrogens is 1. The molecular weight excluding hydrogens is 299 g/mol. The lowest BCUT2D eigenvalue weighted by atomic mass is 10.0. The van der Waals surface area contributed by atoms with Crippen molar-refractivity contribution in [3.05, 3.63) is 35.9 Å². The third-order valence-corrected chi connectivity index (χ3v) is 3.19. The minimum absolute atomic E-state index is 0.228. The lowest BCUT2D eigenvalue weighted by Crippen LogP contribution is -2.61. The molecule has 2 rings (SSSR count). The van der Waals surface area contributed by atoms with E-state index in [0.717, 1.165) is 13.0 Å². The van der Waals surface area contributed by atoms with Crippen molar-refractivity contribution in [2.45, 2.75) is 24.1 Å². The number of halogens is 3. The summed E-state index contributed by atoms with van der Waals surface area (Å²) in [4.78, 5) is 0. The molecule has 20 heavy (non-hydrogen) atoms. The lowest BCUT2D eigenvalue weighted by Gasteiger charge is -2.11. The smallest absolute Gasteiger partial charge is 0.485 e. The summed E-state index contributed by atoms with van der Waals surface area (Å²) in [5.74, 6) is 0. The number of hydrogen-bond acceptors (Lipinski definition) is 4. The largest absolute Gasteiger partial charge is 0.741 e. The van der Waals surface area contributed by atoms with E-state index in [0.29, 0.717) is 6.04 Å². The standard InChI is InChI=1S/C10H13NO.CHF3O3S/c11-9-6-7-12-10(9)8-4-2-1-3-5-8;2-1(3,4)8(5,6)7/h1-5,9-10H,6-7,11H2;(H,5,6,7)/t9-,10-;/m0./s1. The SMILES string of the molecule is O=S(=O)([O-])C(F)(F)F.[NH3+][C@H]1CCO[C@H]1c1ccccc1. The molecule has 0 aromatic heterocycles. The molecule has 1 aliphatic heterocycles. The van der Waals surface area contributed by atoms with Crippen molar-refractivity contribution in [2.75, 3.05) is 6.61 Å². The second kappa shape index (κ2) is 6.53. The summed E-state index contributed by atoms with van der Waals surface area (Å²) in [5, 5.41) is 0. The first-order chi connectivity index (χ1) is 9.13. The van der Waals surface area contributed by atoms with Crippen molar-refractivity contribution in [2.24, 2.45) is 0 Å². The van der Waals surface area contributed by atoms with E-state index in [-0.39, 0.29) is 6.10 Å². The van der Waals surface area contributed by atoms with Gasteiger partial charge in [0.25, 0.3) is 0 Å². The highest BCUT2D eigenvalue weighted by atomic mass is 32.2. The van der Waals surface area contributed by atoms with Gasteiger partial charge in [-0.2, -0.15) is 13.2 Å². The van der Waals surface area contributed by atoms with Crippen LogP contribution in [-0.2, 0) is 14.9 Å². The zero-order valence-electron chi connectivity index (χ0n) is 10.3. The molecule has 1 saturated heterocycles. The summed E-state index contributed by atoms with van der Waals surface area (Å²) >= 11 is 0. The van der Waals surface area contributed by atoms with E-state index in [1.165, 1.54) is 5.56 Å². The summed E-state index contributed by atoms with van der Waals surface area (Å²) in [6.45, 7) is 0.855. The molecule has 1 aromatic rings. The Hall–Kier alpha value is -1.16. The summed E-state index contributed by atoms with van der Waals surface area (Å²) in [6.07, 6.45) is 1.31. The predicted octanol–water partition coefficient (Wildman–Crippen LogP) is 0.810. The first kappa shape index (κ1) is 16.9. The maximum atomic E-state index is 10.7. The zero-order chi connectivity index (χ0) is 15.4. The normalized spacial score (nSPS) is 23.1. The molecule has 1 fully saturated rings. The van der Waals surface area contributed by atoms with Crippen LogP contribution in [-0.4, -0.2) is 31.1 Å². The Morgan fingerprint density at radius 1 is 1.25 bits per heavy atom. The van der Waals surface area contributed by atoms with Gasteiger partial charge in [-0.05, 0) is 5.56 Å². The van der Waals surface area contributed by atoms with Crippen LogP contribution < -0.4 is 5.73 Å². The molecule has 114 valence electrons. The Morgan fingerprint density at radius 3 is 2.10 bits per heavy atom. The Kier molecular flexibility index (Phi) is 5.51. The number of rotatable bonds is 1. The van der Waals surface area contributed by atoms with Crippen molar-refractivity contribution in [1.82, 2.24) is 0 Å². The van der Waals surface area contributed by atoms with Crippen molar-refractivity contribution < 1.29 is 36.6 Å². The molecule has 2 atom stereocenters. The van der Waals surface area contributed by atoms with Crippen LogP contribution in [0.4, 0.5) is 13.2 Å². The molecule has 0 unspecified atom stereocenters. The zero-order valence-corrected chi connectivity index (χ0v) is 11.2. The van der Waals surface area contributed by atoms with Gasteiger partial charge in [0.2, 0.25) is 0 Å². The van der Waals surface area contributed by atoms with Gasteiger partial charge >= 0.3 is 5.51 Å². The molecule has 0 saturated carbocycles. The molecule has 0 spiro atoms. The second-order valence-electron chi connectivity index (χ2n) is 4.15.